The smallest absolute Gasteiger partial charge is 0.295 e. The summed E-state index contributed by atoms with van der Waals surface area (Å²) in [5.41, 5.74) is 1.18. The Balaban J connectivity index is 2.20. The predicted octanol–water partition coefficient (Wildman–Crippen LogP) is 3.58. The van der Waals surface area contributed by atoms with Crippen LogP contribution in [0.5, 0.6) is 0 Å². The Morgan fingerprint density at radius 1 is 1.47 bits per heavy atom. The Kier molecular flexibility index (Phi) is 3.42. The van der Waals surface area contributed by atoms with E-state index in [1.54, 1.807) is 6.07 Å². The highest BCUT2D eigenvalue weighted by atomic mass is 16.6. The molecular formula is C13H17N3O3. The first kappa shape index (κ1) is 13.3. The Hall–Kier alpha value is -2.11. The van der Waals surface area contributed by atoms with Crippen LogP contribution in [-0.4, -0.2) is 16.5 Å². The standard InChI is InChI=1S/C13H17N3O3/c1-4-13(2,3)8-14-12-15-10-6-5-9(16(17)18)7-11(10)19-12/h5-7H,4,8H2,1-3H3,(H,14,15). The maximum Gasteiger partial charge on any atom is 0.295 e. The molecule has 0 fully saturated rings. The minimum Gasteiger partial charge on any atom is -0.423 e. The van der Waals surface area contributed by atoms with Crippen LogP contribution in [0.15, 0.2) is 22.6 Å². The molecule has 19 heavy (non-hydrogen) atoms. The molecule has 0 atom stereocenters. The van der Waals surface area contributed by atoms with Gasteiger partial charge in [0.05, 0.1) is 11.0 Å². The number of anilines is 1. The Morgan fingerprint density at radius 2 is 2.21 bits per heavy atom. The van der Waals surface area contributed by atoms with Gasteiger partial charge >= 0.3 is 0 Å². The summed E-state index contributed by atoms with van der Waals surface area (Å²) in [4.78, 5) is 14.5. The van der Waals surface area contributed by atoms with Gasteiger partial charge in [-0.3, -0.25) is 10.1 Å². The van der Waals surface area contributed by atoms with Gasteiger partial charge in [-0.15, -0.1) is 0 Å². The summed E-state index contributed by atoms with van der Waals surface area (Å²) in [6.45, 7) is 7.15. The lowest BCUT2D eigenvalue weighted by Gasteiger charge is -2.21. The molecule has 1 N–H and O–H groups in total. The van der Waals surface area contributed by atoms with E-state index in [2.05, 4.69) is 31.1 Å². The second-order valence-corrected chi connectivity index (χ2v) is 5.30. The van der Waals surface area contributed by atoms with Gasteiger partial charge in [-0.25, -0.2) is 0 Å². The quantitative estimate of drug-likeness (QED) is 0.658. The predicted molar refractivity (Wildman–Crippen MR) is 73.2 cm³/mol. The highest BCUT2D eigenvalue weighted by molar-refractivity contribution is 5.77. The monoisotopic (exact) mass is 263 g/mol. The third-order valence-corrected chi connectivity index (χ3v) is 3.26. The Morgan fingerprint density at radius 3 is 2.84 bits per heavy atom. The summed E-state index contributed by atoms with van der Waals surface area (Å²) in [5, 5.41) is 13.8. The fourth-order valence-corrected chi connectivity index (χ4v) is 1.54. The number of rotatable bonds is 5. The molecule has 2 rings (SSSR count). The van der Waals surface area contributed by atoms with E-state index >= 15 is 0 Å². The van der Waals surface area contributed by atoms with Crippen molar-refractivity contribution in [3.63, 3.8) is 0 Å². The van der Waals surface area contributed by atoms with Gasteiger partial charge in [0.15, 0.2) is 5.58 Å². The van der Waals surface area contributed by atoms with Gasteiger partial charge in [-0.1, -0.05) is 20.8 Å². The largest absolute Gasteiger partial charge is 0.423 e. The number of benzene rings is 1. The van der Waals surface area contributed by atoms with Crippen LogP contribution in [0.2, 0.25) is 0 Å². The minimum atomic E-state index is -0.449. The van der Waals surface area contributed by atoms with Crippen molar-refractivity contribution in [1.29, 1.82) is 0 Å². The van der Waals surface area contributed by atoms with Crippen LogP contribution in [0.3, 0.4) is 0 Å². The van der Waals surface area contributed by atoms with Crippen molar-refractivity contribution in [2.45, 2.75) is 27.2 Å². The fourth-order valence-electron chi connectivity index (χ4n) is 1.54. The van der Waals surface area contributed by atoms with Crippen molar-refractivity contribution in [3.05, 3.63) is 28.3 Å². The third-order valence-electron chi connectivity index (χ3n) is 3.26. The van der Waals surface area contributed by atoms with Crippen molar-refractivity contribution < 1.29 is 9.34 Å². The molecular weight excluding hydrogens is 246 g/mol. The molecule has 0 saturated heterocycles. The number of nitro benzene ring substituents is 1. The molecule has 6 nitrogen and oxygen atoms in total. The van der Waals surface area contributed by atoms with Crippen molar-refractivity contribution in [3.8, 4) is 0 Å². The summed E-state index contributed by atoms with van der Waals surface area (Å²) < 4.78 is 5.47. The number of hydrogen-bond acceptors (Lipinski definition) is 5. The van der Waals surface area contributed by atoms with Crippen LogP contribution in [-0.2, 0) is 0 Å². The Labute approximate surface area is 111 Å². The van der Waals surface area contributed by atoms with Crippen LogP contribution < -0.4 is 5.32 Å². The van der Waals surface area contributed by atoms with Gasteiger partial charge in [0.1, 0.15) is 5.52 Å². The second kappa shape index (κ2) is 4.87. The van der Waals surface area contributed by atoms with E-state index in [4.69, 9.17) is 4.42 Å². The molecule has 0 unspecified atom stereocenters. The fraction of sp³-hybridized carbons (Fsp3) is 0.462. The maximum absolute atomic E-state index is 10.7. The van der Waals surface area contributed by atoms with Gasteiger partial charge in [-0.2, -0.15) is 4.98 Å². The van der Waals surface area contributed by atoms with E-state index in [1.165, 1.54) is 12.1 Å². The average Bonchev–Trinajstić information content (AvgIpc) is 2.78. The summed E-state index contributed by atoms with van der Waals surface area (Å²) in [6.07, 6.45) is 1.03. The molecule has 0 aliphatic heterocycles. The zero-order valence-electron chi connectivity index (χ0n) is 11.3. The van der Waals surface area contributed by atoms with E-state index in [9.17, 15) is 10.1 Å². The highest BCUT2D eigenvalue weighted by Gasteiger charge is 2.17. The topological polar surface area (TPSA) is 81.2 Å². The number of oxazole rings is 1. The zero-order valence-corrected chi connectivity index (χ0v) is 11.3. The number of nitrogens with one attached hydrogen (secondary N) is 1. The van der Waals surface area contributed by atoms with Gasteiger partial charge in [0.25, 0.3) is 11.7 Å². The average molecular weight is 263 g/mol. The molecule has 0 spiro atoms. The van der Waals surface area contributed by atoms with Crippen molar-refractivity contribution >= 4 is 22.8 Å². The van der Waals surface area contributed by atoms with Gasteiger partial charge in [-0.05, 0) is 17.9 Å². The van der Waals surface area contributed by atoms with Crippen LogP contribution in [0.4, 0.5) is 11.7 Å². The van der Waals surface area contributed by atoms with Crippen LogP contribution >= 0.6 is 0 Å². The highest BCUT2D eigenvalue weighted by Crippen LogP contribution is 2.25. The number of aromatic nitrogens is 1. The number of hydrogen-bond donors (Lipinski definition) is 1. The molecule has 1 heterocycles. The summed E-state index contributed by atoms with van der Waals surface area (Å²) in [7, 11) is 0. The summed E-state index contributed by atoms with van der Waals surface area (Å²) in [5.74, 6) is 0. The first-order valence-electron chi connectivity index (χ1n) is 6.20. The molecule has 0 aliphatic carbocycles. The van der Waals surface area contributed by atoms with Gasteiger partial charge in [0, 0.05) is 12.6 Å². The zero-order chi connectivity index (χ0) is 14.0. The molecule has 0 saturated carbocycles. The molecule has 0 radical (unpaired) electrons. The lowest BCUT2D eigenvalue weighted by Crippen LogP contribution is -2.22. The van der Waals surface area contributed by atoms with Crippen LogP contribution in [0, 0.1) is 15.5 Å². The van der Waals surface area contributed by atoms with E-state index in [0.29, 0.717) is 17.1 Å². The first-order chi connectivity index (χ1) is 8.91. The molecule has 0 bridgehead atoms. The molecule has 6 heteroatoms. The maximum atomic E-state index is 10.7. The Bertz CT molecular complexity index is 604. The van der Waals surface area contributed by atoms with Crippen LogP contribution in [0.1, 0.15) is 27.2 Å². The van der Waals surface area contributed by atoms with E-state index in [1.807, 2.05) is 0 Å². The minimum absolute atomic E-state index is 0.00379. The SMILES string of the molecule is CCC(C)(C)CNc1nc2ccc([N+](=O)[O-])cc2o1. The lowest BCUT2D eigenvalue weighted by molar-refractivity contribution is -0.384. The van der Waals surface area contributed by atoms with Crippen molar-refractivity contribution in [2.24, 2.45) is 5.41 Å². The summed E-state index contributed by atoms with van der Waals surface area (Å²) in [6, 6.07) is 4.80. The summed E-state index contributed by atoms with van der Waals surface area (Å²) >= 11 is 0. The molecule has 1 aromatic heterocycles. The lowest BCUT2D eigenvalue weighted by atomic mass is 9.90. The van der Waals surface area contributed by atoms with E-state index in [0.717, 1.165) is 13.0 Å². The number of non-ortho nitro benzene ring substituents is 1. The second-order valence-electron chi connectivity index (χ2n) is 5.30. The number of nitro groups is 1. The van der Waals surface area contributed by atoms with Gasteiger partial charge in [0.2, 0.25) is 0 Å². The number of nitrogens with zero attached hydrogens (tertiary/aromatic N) is 2. The molecule has 102 valence electrons. The third kappa shape index (κ3) is 3.01. The normalized spacial score (nSPS) is 11.7. The molecule has 0 amide bonds. The van der Waals surface area contributed by atoms with Crippen molar-refractivity contribution in [1.82, 2.24) is 4.98 Å². The number of fused-ring (bicyclic) bond motifs is 1. The molecule has 1 aromatic carbocycles. The van der Waals surface area contributed by atoms with E-state index < -0.39 is 4.92 Å². The van der Waals surface area contributed by atoms with Crippen molar-refractivity contribution in [2.75, 3.05) is 11.9 Å². The first-order valence-corrected chi connectivity index (χ1v) is 6.20. The molecule has 2 aromatic rings. The van der Waals surface area contributed by atoms with Gasteiger partial charge < -0.3 is 9.73 Å². The van der Waals surface area contributed by atoms with E-state index in [-0.39, 0.29) is 11.1 Å². The molecule has 0 aliphatic rings. The van der Waals surface area contributed by atoms with Crippen LogP contribution in [0.25, 0.3) is 11.1 Å².